The van der Waals surface area contributed by atoms with E-state index in [0.29, 0.717) is 12.5 Å². The van der Waals surface area contributed by atoms with E-state index < -0.39 is 0 Å². The van der Waals surface area contributed by atoms with Crippen LogP contribution in [0.3, 0.4) is 0 Å². The summed E-state index contributed by atoms with van der Waals surface area (Å²) >= 11 is 0. The predicted octanol–water partition coefficient (Wildman–Crippen LogP) is 2.21. The van der Waals surface area contributed by atoms with Gasteiger partial charge in [0.2, 0.25) is 5.89 Å². The molecule has 0 saturated carbocycles. The summed E-state index contributed by atoms with van der Waals surface area (Å²) in [4.78, 5) is 4.46. The van der Waals surface area contributed by atoms with Crippen molar-refractivity contribution in [2.45, 2.75) is 26.5 Å². The molecule has 1 aromatic heterocycles. The molecule has 0 aliphatic carbocycles. The second kappa shape index (κ2) is 4.82. The van der Waals surface area contributed by atoms with E-state index in [-0.39, 0.29) is 0 Å². The zero-order valence-electron chi connectivity index (χ0n) is 10.4. The van der Waals surface area contributed by atoms with Crippen LogP contribution in [0.5, 0.6) is 5.75 Å². The van der Waals surface area contributed by atoms with Crippen molar-refractivity contribution in [3.63, 3.8) is 0 Å². The monoisotopic (exact) mass is 244 g/mol. The number of aryl methyl sites for hydroxylation is 1. The molecule has 3 rings (SSSR count). The van der Waals surface area contributed by atoms with Crippen molar-refractivity contribution in [1.29, 1.82) is 0 Å². The van der Waals surface area contributed by atoms with Crippen molar-refractivity contribution in [1.82, 2.24) is 10.3 Å². The van der Waals surface area contributed by atoms with Crippen LogP contribution in [0.4, 0.5) is 0 Å². The van der Waals surface area contributed by atoms with Gasteiger partial charge in [0, 0.05) is 13.0 Å². The number of para-hydroxylation sites is 1. The van der Waals surface area contributed by atoms with Crippen LogP contribution < -0.4 is 10.1 Å². The average molecular weight is 244 g/mol. The molecule has 0 amide bonds. The van der Waals surface area contributed by atoms with Crippen LogP contribution >= 0.6 is 0 Å². The molecule has 4 nitrogen and oxygen atoms in total. The van der Waals surface area contributed by atoms with Gasteiger partial charge >= 0.3 is 0 Å². The van der Waals surface area contributed by atoms with Crippen molar-refractivity contribution in [3.05, 3.63) is 47.2 Å². The topological polar surface area (TPSA) is 47.3 Å². The molecule has 0 unspecified atom stereocenters. The molecule has 0 saturated heterocycles. The maximum absolute atomic E-state index is 5.72. The normalized spacial score (nSPS) is 14.3. The first-order valence-electron chi connectivity index (χ1n) is 6.19. The third-order valence-electron chi connectivity index (χ3n) is 3.09. The lowest BCUT2D eigenvalue weighted by molar-refractivity contribution is 0.256. The molecule has 1 N–H and O–H groups in total. The van der Waals surface area contributed by atoms with Crippen molar-refractivity contribution in [2.24, 2.45) is 0 Å². The molecule has 2 heterocycles. The average Bonchev–Trinajstić information content (AvgIpc) is 2.80. The minimum absolute atomic E-state index is 0.387. The molecule has 0 bridgehead atoms. The van der Waals surface area contributed by atoms with Gasteiger partial charge in [-0.2, -0.15) is 0 Å². The Kier molecular flexibility index (Phi) is 3.02. The van der Waals surface area contributed by atoms with Crippen molar-refractivity contribution in [2.75, 3.05) is 6.54 Å². The standard InChI is InChI=1S/C14H16N2O2/c1-10-4-2-3-5-12(10)17-9-14-16-11-6-7-15-8-13(11)18-14/h2-5,15H,6-9H2,1H3. The number of oxazole rings is 1. The summed E-state index contributed by atoms with van der Waals surface area (Å²) < 4.78 is 11.4. The Labute approximate surface area is 106 Å². The largest absolute Gasteiger partial charge is 0.484 e. The van der Waals surface area contributed by atoms with E-state index in [1.54, 1.807) is 0 Å². The maximum Gasteiger partial charge on any atom is 0.232 e. The van der Waals surface area contributed by atoms with Gasteiger partial charge in [-0.3, -0.25) is 0 Å². The molecule has 2 aromatic rings. The Bertz CT molecular complexity index is 525. The first kappa shape index (κ1) is 11.3. The summed E-state index contributed by atoms with van der Waals surface area (Å²) in [5, 5.41) is 3.26. The number of hydrogen-bond donors (Lipinski definition) is 1. The van der Waals surface area contributed by atoms with E-state index >= 15 is 0 Å². The van der Waals surface area contributed by atoms with Gasteiger partial charge in [0.25, 0.3) is 0 Å². The second-order valence-electron chi connectivity index (χ2n) is 4.46. The molecule has 0 radical (unpaired) electrons. The van der Waals surface area contributed by atoms with E-state index in [0.717, 1.165) is 42.3 Å². The summed E-state index contributed by atoms with van der Waals surface area (Å²) in [5.74, 6) is 2.49. The number of nitrogens with zero attached hydrogens (tertiary/aromatic N) is 1. The fraction of sp³-hybridized carbons (Fsp3) is 0.357. The van der Waals surface area contributed by atoms with Gasteiger partial charge in [-0.1, -0.05) is 18.2 Å². The van der Waals surface area contributed by atoms with Crippen molar-refractivity contribution < 1.29 is 9.15 Å². The van der Waals surface area contributed by atoms with Gasteiger partial charge in [0.05, 0.1) is 12.2 Å². The molecule has 0 fully saturated rings. The Balaban J connectivity index is 1.70. The zero-order valence-corrected chi connectivity index (χ0v) is 10.4. The minimum Gasteiger partial charge on any atom is -0.484 e. The van der Waals surface area contributed by atoms with Crippen LogP contribution in [0.1, 0.15) is 22.9 Å². The number of rotatable bonds is 3. The first-order chi connectivity index (χ1) is 8.83. The van der Waals surface area contributed by atoms with E-state index in [4.69, 9.17) is 9.15 Å². The van der Waals surface area contributed by atoms with Gasteiger partial charge in [-0.15, -0.1) is 0 Å². The Morgan fingerprint density at radius 1 is 1.39 bits per heavy atom. The minimum atomic E-state index is 0.387. The molecular weight excluding hydrogens is 228 g/mol. The summed E-state index contributed by atoms with van der Waals surface area (Å²) in [7, 11) is 0. The molecule has 4 heteroatoms. The number of aromatic nitrogens is 1. The Morgan fingerprint density at radius 3 is 3.11 bits per heavy atom. The van der Waals surface area contributed by atoms with Gasteiger partial charge in [0.1, 0.15) is 11.5 Å². The lowest BCUT2D eigenvalue weighted by Crippen LogP contribution is -2.22. The van der Waals surface area contributed by atoms with Gasteiger partial charge < -0.3 is 14.5 Å². The summed E-state index contributed by atoms with van der Waals surface area (Å²) in [5.41, 5.74) is 2.19. The molecule has 0 spiro atoms. The maximum atomic E-state index is 5.72. The van der Waals surface area contributed by atoms with Crippen LogP contribution in [0.15, 0.2) is 28.7 Å². The van der Waals surface area contributed by atoms with E-state index in [1.807, 2.05) is 31.2 Å². The number of fused-ring (bicyclic) bond motifs is 1. The van der Waals surface area contributed by atoms with E-state index in [1.165, 1.54) is 0 Å². The lowest BCUT2D eigenvalue weighted by Gasteiger charge is -2.08. The van der Waals surface area contributed by atoms with Crippen LogP contribution in [0.25, 0.3) is 0 Å². The highest BCUT2D eigenvalue weighted by Crippen LogP contribution is 2.19. The number of hydrogen-bond acceptors (Lipinski definition) is 4. The smallest absolute Gasteiger partial charge is 0.232 e. The van der Waals surface area contributed by atoms with E-state index in [2.05, 4.69) is 10.3 Å². The fourth-order valence-corrected chi connectivity index (χ4v) is 2.10. The summed E-state index contributed by atoms with van der Waals surface area (Å²) in [6.07, 6.45) is 0.934. The summed E-state index contributed by atoms with van der Waals surface area (Å²) in [6.45, 7) is 4.15. The van der Waals surface area contributed by atoms with Crippen LogP contribution in [-0.2, 0) is 19.6 Å². The third-order valence-corrected chi connectivity index (χ3v) is 3.09. The van der Waals surface area contributed by atoms with Crippen LogP contribution in [0.2, 0.25) is 0 Å². The molecular formula is C14H16N2O2. The Morgan fingerprint density at radius 2 is 2.28 bits per heavy atom. The fourth-order valence-electron chi connectivity index (χ4n) is 2.10. The number of benzene rings is 1. The van der Waals surface area contributed by atoms with Crippen LogP contribution in [0, 0.1) is 6.92 Å². The highest BCUT2D eigenvalue weighted by molar-refractivity contribution is 5.31. The van der Waals surface area contributed by atoms with Gasteiger partial charge in [-0.25, -0.2) is 4.98 Å². The zero-order chi connectivity index (χ0) is 12.4. The SMILES string of the molecule is Cc1ccccc1OCc1nc2c(o1)CNCC2. The van der Waals surface area contributed by atoms with Crippen molar-refractivity contribution >= 4 is 0 Å². The van der Waals surface area contributed by atoms with Crippen LogP contribution in [-0.4, -0.2) is 11.5 Å². The summed E-state index contributed by atoms with van der Waals surface area (Å²) in [6, 6.07) is 7.95. The number of ether oxygens (including phenoxy) is 1. The molecule has 94 valence electrons. The number of nitrogens with one attached hydrogen (secondary N) is 1. The second-order valence-corrected chi connectivity index (χ2v) is 4.46. The molecule has 1 aliphatic rings. The first-order valence-corrected chi connectivity index (χ1v) is 6.19. The highest BCUT2D eigenvalue weighted by Gasteiger charge is 2.16. The third kappa shape index (κ3) is 2.24. The lowest BCUT2D eigenvalue weighted by atomic mass is 10.2. The predicted molar refractivity (Wildman–Crippen MR) is 67.4 cm³/mol. The van der Waals surface area contributed by atoms with Gasteiger partial charge in [0.15, 0.2) is 6.61 Å². The molecule has 0 atom stereocenters. The molecule has 1 aromatic carbocycles. The quantitative estimate of drug-likeness (QED) is 0.899. The molecule has 1 aliphatic heterocycles. The highest BCUT2D eigenvalue weighted by atomic mass is 16.5. The molecule has 18 heavy (non-hydrogen) atoms. The Hall–Kier alpha value is -1.81. The van der Waals surface area contributed by atoms with Crippen molar-refractivity contribution in [3.8, 4) is 5.75 Å². The van der Waals surface area contributed by atoms with Gasteiger partial charge in [-0.05, 0) is 18.6 Å². The van der Waals surface area contributed by atoms with E-state index in [9.17, 15) is 0 Å².